The van der Waals surface area contributed by atoms with Crippen LogP contribution in [0.4, 0.5) is 22.0 Å². The molecule has 0 amide bonds. The fourth-order valence-corrected chi connectivity index (χ4v) is 1.22. The van der Waals surface area contributed by atoms with Gasteiger partial charge in [0.15, 0.2) is 0 Å². The highest BCUT2D eigenvalue weighted by Crippen LogP contribution is 2.22. The van der Waals surface area contributed by atoms with E-state index in [0.29, 0.717) is 0 Å². The third-order valence-corrected chi connectivity index (χ3v) is 2.21. The molecule has 1 heterocycles. The Hall–Kier alpha value is -0.570. The standard InChI is InChI=1S/C4H7F2NS.C2HF3O2/c5-4(6)8-3-1-7-2-3;3-2(4,5)1(6)7/h3-4,7H,1-2H2;(H,6,7). The van der Waals surface area contributed by atoms with Crippen molar-refractivity contribution in [2.45, 2.75) is 17.2 Å². The summed E-state index contributed by atoms with van der Waals surface area (Å²) in [6.07, 6.45) is -5.08. The van der Waals surface area contributed by atoms with Gasteiger partial charge < -0.3 is 10.4 Å². The fraction of sp³-hybridized carbons (Fsp3) is 0.833. The molecule has 1 fully saturated rings. The average molecular weight is 253 g/mol. The van der Waals surface area contributed by atoms with Crippen molar-refractivity contribution >= 4 is 17.7 Å². The van der Waals surface area contributed by atoms with E-state index in [1.807, 2.05) is 0 Å². The second-order valence-corrected chi connectivity index (χ2v) is 3.78. The van der Waals surface area contributed by atoms with Gasteiger partial charge in [-0.15, -0.1) is 0 Å². The van der Waals surface area contributed by atoms with Gasteiger partial charge >= 0.3 is 12.1 Å². The van der Waals surface area contributed by atoms with Crippen molar-refractivity contribution < 1.29 is 31.9 Å². The normalized spacial score (nSPS) is 16.7. The molecule has 0 aromatic heterocycles. The molecule has 0 bridgehead atoms. The lowest BCUT2D eigenvalue weighted by molar-refractivity contribution is -0.192. The van der Waals surface area contributed by atoms with Gasteiger partial charge in [0.2, 0.25) is 0 Å². The third kappa shape index (κ3) is 7.37. The Morgan fingerprint density at radius 2 is 1.80 bits per heavy atom. The topological polar surface area (TPSA) is 49.3 Å². The van der Waals surface area contributed by atoms with E-state index < -0.39 is 17.9 Å². The zero-order chi connectivity index (χ0) is 12.1. The highest BCUT2D eigenvalue weighted by molar-refractivity contribution is 8.00. The van der Waals surface area contributed by atoms with Crippen LogP contribution in [0.1, 0.15) is 0 Å². The molecule has 3 nitrogen and oxygen atoms in total. The Kier molecular flexibility index (Phi) is 5.88. The summed E-state index contributed by atoms with van der Waals surface area (Å²) in [4.78, 5) is 8.90. The Morgan fingerprint density at radius 1 is 1.40 bits per heavy atom. The number of hydrogen-bond acceptors (Lipinski definition) is 3. The number of carbonyl (C=O) groups is 1. The van der Waals surface area contributed by atoms with E-state index in [4.69, 9.17) is 9.90 Å². The molecule has 0 radical (unpaired) electrons. The minimum atomic E-state index is -5.08. The summed E-state index contributed by atoms with van der Waals surface area (Å²) in [6.45, 7) is 1.49. The number of aliphatic carboxylic acids is 1. The summed E-state index contributed by atoms with van der Waals surface area (Å²) >= 11 is 0.745. The second-order valence-electron chi connectivity index (χ2n) is 2.48. The maximum Gasteiger partial charge on any atom is 0.490 e. The van der Waals surface area contributed by atoms with Crippen molar-refractivity contribution in [2.75, 3.05) is 13.1 Å². The molecule has 1 aliphatic rings. The quantitative estimate of drug-likeness (QED) is 0.733. The summed E-state index contributed by atoms with van der Waals surface area (Å²) in [5.74, 6) is -4.95. The van der Waals surface area contributed by atoms with Crippen LogP contribution in [-0.2, 0) is 4.79 Å². The Bertz CT molecular complexity index is 206. The van der Waals surface area contributed by atoms with Gasteiger partial charge in [-0.3, -0.25) is 0 Å². The molecule has 15 heavy (non-hydrogen) atoms. The van der Waals surface area contributed by atoms with Crippen LogP contribution in [0.5, 0.6) is 0 Å². The smallest absolute Gasteiger partial charge is 0.475 e. The first-order valence-electron chi connectivity index (χ1n) is 3.68. The molecule has 0 aromatic rings. The summed E-state index contributed by atoms with van der Waals surface area (Å²) < 4.78 is 54.6. The summed E-state index contributed by atoms with van der Waals surface area (Å²) in [6, 6.07) is 0. The average Bonchev–Trinajstić information content (AvgIpc) is 1.96. The molecule has 2 N–H and O–H groups in total. The molecule has 0 unspecified atom stereocenters. The highest BCUT2D eigenvalue weighted by atomic mass is 32.2. The van der Waals surface area contributed by atoms with Crippen molar-refractivity contribution in [3.8, 4) is 0 Å². The summed E-state index contributed by atoms with van der Waals surface area (Å²) in [7, 11) is 0. The molecule has 0 saturated carbocycles. The predicted octanol–water partition coefficient (Wildman–Crippen LogP) is 1.55. The van der Waals surface area contributed by atoms with Crippen LogP contribution in [0.25, 0.3) is 0 Å². The van der Waals surface area contributed by atoms with Crippen LogP contribution in [0, 0.1) is 0 Å². The molecule has 0 aromatic carbocycles. The zero-order valence-corrected chi connectivity index (χ0v) is 8.04. The van der Waals surface area contributed by atoms with E-state index in [0.717, 1.165) is 24.9 Å². The van der Waals surface area contributed by atoms with Crippen LogP contribution in [0.2, 0.25) is 0 Å². The third-order valence-electron chi connectivity index (χ3n) is 1.28. The minimum Gasteiger partial charge on any atom is -0.475 e. The Morgan fingerprint density at radius 3 is 1.87 bits per heavy atom. The second kappa shape index (κ2) is 6.11. The van der Waals surface area contributed by atoms with Gasteiger partial charge in [-0.1, -0.05) is 11.8 Å². The molecule has 0 spiro atoms. The lowest BCUT2D eigenvalue weighted by atomic mass is 10.3. The molecule has 90 valence electrons. The van der Waals surface area contributed by atoms with E-state index in [-0.39, 0.29) is 5.25 Å². The number of thioether (sulfide) groups is 1. The maximum absolute atomic E-state index is 11.4. The summed E-state index contributed by atoms with van der Waals surface area (Å²) in [5.41, 5.74) is 0. The van der Waals surface area contributed by atoms with Gasteiger partial charge in [0, 0.05) is 18.3 Å². The maximum atomic E-state index is 11.4. The lowest BCUT2D eigenvalue weighted by Gasteiger charge is -2.25. The van der Waals surface area contributed by atoms with E-state index in [2.05, 4.69) is 5.32 Å². The first kappa shape index (κ1) is 14.4. The number of rotatable bonds is 2. The molecule has 1 saturated heterocycles. The van der Waals surface area contributed by atoms with Gasteiger partial charge in [-0.2, -0.15) is 22.0 Å². The molecule has 0 aliphatic carbocycles. The van der Waals surface area contributed by atoms with Crippen LogP contribution < -0.4 is 5.32 Å². The van der Waals surface area contributed by atoms with Crippen LogP contribution in [0.15, 0.2) is 0 Å². The fourth-order valence-electron chi connectivity index (χ4n) is 0.504. The molecule has 1 aliphatic heterocycles. The SMILES string of the molecule is FC(F)SC1CNC1.O=C(O)C(F)(F)F. The molecule has 0 atom stereocenters. The Balaban J connectivity index is 0.000000265. The van der Waals surface area contributed by atoms with Crippen molar-refractivity contribution in [1.82, 2.24) is 5.32 Å². The van der Waals surface area contributed by atoms with Gasteiger partial charge in [0.05, 0.1) is 0 Å². The highest BCUT2D eigenvalue weighted by Gasteiger charge is 2.38. The van der Waals surface area contributed by atoms with E-state index in [1.165, 1.54) is 0 Å². The largest absolute Gasteiger partial charge is 0.490 e. The van der Waals surface area contributed by atoms with Gasteiger partial charge in [-0.05, 0) is 0 Å². The van der Waals surface area contributed by atoms with E-state index in [1.54, 1.807) is 0 Å². The molecular formula is C6H8F5NO2S. The minimum absolute atomic E-state index is 0.162. The van der Waals surface area contributed by atoms with Crippen molar-refractivity contribution in [3.05, 3.63) is 0 Å². The van der Waals surface area contributed by atoms with Crippen molar-refractivity contribution in [1.29, 1.82) is 0 Å². The van der Waals surface area contributed by atoms with E-state index >= 15 is 0 Å². The van der Waals surface area contributed by atoms with Gasteiger partial charge in [0.1, 0.15) is 0 Å². The predicted molar refractivity (Wildman–Crippen MR) is 43.9 cm³/mol. The Labute approximate surface area is 86.0 Å². The van der Waals surface area contributed by atoms with Crippen LogP contribution in [0.3, 0.4) is 0 Å². The van der Waals surface area contributed by atoms with Gasteiger partial charge in [-0.25, -0.2) is 4.79 Å². The van der Waals surface area contributed by atoms with Crippen LogP contribution in [-0.4, -0.2) is 41.3 Å². The van der Waals surface area contributed by atoms with E-state index in [9.17, 15) is 22.0 Å². The number of alkyl halides is 5. The first-order valence-corrected chi connectivity index (χ1v) is 4.62. The van der Waals surface area contributed by atoms with Crippen LogP contribution >= 0.6 is 11.8 Å². The summed E-state index contributed by atoms with van der Waals surface area (Å²) in [5, 5.41) is 10.2. The molecule has 9 heteroatoms. The van der Waals surface area contributed by atoms with Crippen molar-refractivity contribution in [2.24, 2.45) is 0 Å². The number of halogens is 5. The molecule has 1 rings (SSSR count). The first-order chi connectivity index (χ1) is 6.73. The lowest BCUT2D eigenvalue weighted by Crippen LogP contribution is -2.45. The number of nitrogens with one attached hydrogen (secondary N) is 1. The monoisotopic (exact) mass is 253 g/mol. The number of carboxylic acid groups (broad SMARTS) is 1. The van der Waals surface area contributed by atoms with Gasteiger partial charge in [0.25, 0.3) is 5.76 Å². The number of carboxylic acids is 1. The zero-order valence-electron chi connectivity index (χ0n) is 7.22. The molecular weight excluding hydrogens is 245 g/mol. The van der Waals surface area contributed by atoms with Crippen molar-refractivity contribution in [3.63, 3.8) is 0 Å². The number of hydrogen-bond donors (Lipinski definition) is 2.